The van der Waals surface area contributed by atoms with Crippen LogP contribution in [0.4, 0.5) is 0 Å². The molecule has 1 atom stereocenters. The maximum Gasteiger partial charge on any atom is 0.233 e. The molecule has 7 heteroatoms. The number of ether oxygens (including phenoxy) is 2. The van der Waals surface area contributed by atoms with Gasteiger partial charge in [-0.2, -0.15) is 4.98 Å². The lowest BCUT2D eigenvalue weighted by atomic mass is 9.93. The van der Waals surface area contributed by atoms with Gasteiger partial charge in [0.2, 0.25) is 11.8 Å². The summed E-state index contributed by atoms with van der Waals surface area (Å²) in [7, 11) is 1.66. The average molecular weight is 412 g/mol. The molecule has 2 aromatic rings. The number of hydrogen-bond acceptors (Lipinski definition) is 6. The summed E-state index contributed by atoms with van der Waals surface area (Å²) in [6, 6.07) is 7.94. The Kier molecular flexibility index (Phi) is 5.23. The van der Waals surface area contributed by atoms with E-state index in [1.54, 1.807) is 7.11 Å². The molecule has 160 valence electrons. The molecule has 3 fully saturated rings. The molecule has 0 bridgehead atoms. The second-order valence-corrected chi connectivity index (χ2v) is 8.77. The quantitative estimate of drug-likeness (QED) is 0.664. The number of nitrogens with zero attached hydrogens (tertiary/aromatic N) is 3. The smallest absolute Gasteiger partial charge is 0.233 e. The highest BCUT2D eigenvalue weighted by atomic mass is 16.5. The minimum Gasteiger partial charge on any atom is -0.497 e. The molecule has 2 heterocycles. The zero-order chi connectivity index (χ0) is 20.6. The molecule has 2 saturated carbocycles. The van der Waals surface area contributed by atoms with E-state index in [0.717, 1.165) is 68.1 Å². The van der Waals surface area contributed by atoms with Crippen molar-refractivity contribution in [3.05, 3.63) is 41.5 Å². The third-order valence-corrected chi connectivity index (χ3v) is 6.56. The molecule has 1 unspecified atom stereocenters. The van der Waals surface area contributed by atoms with E-state index in [-0.39, 0.29) is 17.4 Å². The molecule has 0 spiro atoms. The molecular weight excluding hydrogens is 382 g/mol. The second kappa shape index (κ2) is 8.02. The number of amides is 1. The Labute approximate surface area is 176 Å². The van der Waals surface area contributed by atoms with Crippen LogP contribution in [0.2, 0.25) is 0 Å². The number of piperidine rings is 1. The molecule has 1 aliphatic heterocycles. The first kappa shape index (κ1) is 19.5. The number of aromatic nitrogens is 2. The van der Waals surface area contributed by atoms with E-state index >= 15 is 0 Å². The van der Waals surface area contributed by atoms with Crippen molar-refractivity contribution in [2.24, 2.45) is 0 Å². The lowest BCUT2D eigenvalue weighted by Crippen LogP contribution is -2.47. The third-order valence-electron chi connectivity index (χ3n) is 6.56. The van der Waals surface area contributed by atoms with Crippen molar-refractivity contribution in [2.45, 2.75) is 62.4 Å². The van der Waals surface area contributed by atoms with Gasteiger partial charge in [0.25, 0.3) is 0 Å². The van der Waals surface area contributed by atoms with Gasteiger partial charge in [0.1, 0.15) is 5.75 Å². The van der Waals surface area contributed by atoms with Gasteiger partial charge in [-0.15, -0.1) is 0 Å². The molecule has 0 radical (unpaired) electrons. The van der Waals surface area contributed by atoms with Crippen LogP contribution in [0.5, 0.6) is 5.75 Å². The Balaban J connectivity index is 1.15. The average Bonchev–Trinajstić information content (AvgIpc) is 3.72. The summed E-state index contributed by atoms with van der Waals surface area (Å²) in [6.45, 7) is 2.03. The number of hydrogen-bond donors (Lipinski definition) is 0. The molecule has 3 aliphatic rings. The van der Waals surface area contributed by atoms with Gasteiger partial charge in [0.05, 0.1) is 25.2 Å². The number of benzene rings is 1. The number of rotatable bonds is 8. The fraction of sp³-hybridized carbons (Fsp3) is 0.609. The normalized spacial score (nSPS) is 22.7. The first-order chi connectivity index (χ1) is 14.7. The van der Waals surface area contributed by atoms with Gasteiger partial charge in [-0.3, -0.25) is 4.79 Å². The predicted octanol–water partition coefficient (Wildman–Crippen LogP) is 3.24. The van der Waals surface area contributed by atoms with E-state index in [1.807, 2.05) is 29.2 Å². The Morgan fingerprint density at radius 1 is 1.23 bits per heavy atom. The fourth-order valence-corrected chi connectivity index (χ4v) is 4.40. The number of methoxy groups -OCH3 is 1. The molecule has 5 rings (SSSR count). The summed E-state index contributed by atoms with van der Waals surface area (Å²) in [5.41, 5.74) is 0.748. The van der Waals surface area contributed by atoms with Crippen molar-refractivity contribution < 1.29 is 18.8 Å². The van der Waals surface area contributed by atoms with E-state index in [1.165, 1.54) is 0 Å². The van der Waals surface area contributed by atoms with Crippen LogP contribution >= 0.6 is 0 Å². The Morgan fingerprint density at radius 2 is 2.03 bits per heavy atom. The van der Waals surface area contributed by atoms with Crippen LogP contribution in [-0.2, 0) is 21.4 Å². The number of likely N-dealkylation sites (tertiary alicyclic amines) is 1. The molecule has 2 aliphatic carbocycles. The maximum absolute atomic E-state index is 13.4. The van der Waals surface area contributed by atoms with Crippen molar-refractivity contribution in [1.29, 1.82) is 0 Å². The van der Waals surface area contributed by atoms with Gasteiger partial charge in [-0.05, 0) is 56.2 Å². The van der Waals surface area contributed by atoms with Crippen molar-refractivity contribution in [2.75, 3.05) is 26.8 Å². The minimum atomic E-state index is -0.349. The summed E-state index contributed by atoms with van der Waals surface area (Å²) in [4.78, 5) is 19.8. The van der Waals surface area contributed by atoms with E-state index < -0.39 is 0 Å². The Morgan fingerprint density at radius 3 is 2.73 bits per heavy atom. The summed E-state index contributed by atoms with van der Waals surface area (Å²) < 4.78 is 16.6. The SMILES string of the molecule is COc1ccc(C2(C(=O)N3CCCC(OCCc4noc(C5CC5)n4)C3)CC2)cc1. The summed E-state index contributed by atoms with van der Waals surface area (Å²) in [6.07, 6.45) is 6.83. The van der Waals surface area contributed by atoms with Crippen LogP contribution in [-0.4, -0.2) is 53.9 Å². The van der Waals surface area contributed by atoms with Crippen molar-refractivity contribution >= 4 is 5.91 Å². The lowest BCUT2D eigenvalue weighted by Gasteiger charge is -2.35. The van der Waals surface area contributed by atoms with E-state index in [9.17, 15) is 4.79 Å². The zero-order valence-electron chi connectivity index (χ0n) is 17.5. The molecule has 0 N–H and O–H groups in total. The second-order valence-electron chi connectivity index (χ2n) is 8.77. The van der Waals surface area contributed by atoms with Crippen LogP contribution in [0.3, 0.4) is 0 Å². The van der Waals surface area contributed by atoms with Crippen LogP contribution in [0.1, 0.15) is 61.7 Å². The molecule has 1 saturated heterocycles. The fourth-order valence-electron chi connectivity index (χ4n) is 4.40. The van der Waals surface area contributed by atoms with E-state index in [2.05, 4.69) is 10.1 Å². The zero-order valence-corrected chi connectivity index (χ0v) is 17.5. The highest BCUT2D eigenvalue weighted by Crippen LogP contribution is 2.50. The molecular formula is C23H29N3O4. The van der Waals surface area contributed by atoms with Crippen molar-refractivity contribution in [3.8, 4) is 5.75 Å². The van der Waals surface area contributed by atoms with E-state index in [4.69, 9.17) is 14.0 Å². The van der Waals surface area contributed by atoms with E-state index in [0.29, 0.717) is 25.5 Å². The first-order valence-corrected chi connectivity index (χ1v) is 11.1. The summed E-state index contributed by atoms with van der Waals surface area (Å²) in [5.74, 6) is 3.03. The van der Waals surface area contributed by atoms with Gasteiger partial charge in [0, 0.05) is 25.4 Å². The van der Waals surface area contributed by atoms with Gasteiger partial charge in [0.15, 0.2) is 5.82 Å². The highest BCUT2D eigenvalue weighted by molar-refractivity contribution is 5.91. The van der Waals surface area contributed by atoms with Gasteiger partial charge >= 0.3 is 0 Å². The van der Waals surface area contributed by atoms with Gasteiger partial charge in [-0.25, -0.2) is 0 Å². The molecule has 30 heavy (non-hydrogen) atoms. The Bertz CT molecular complexity index is 886. The highest BCUT2D eigenvalue weighted by Gasteiger charge is 2.53. The van der Waals surface area contributed by atoms with Gasteiger partial charge < -0.3 is 18.9 Å². The van der Waals surface area contributed by atoms with Crippen molar-refractivity contribution in [1.82, 2.24) is 15.0 Å². The standard InChI is InChI=1S/C23H29N3O4/c1-28-18-8-6-17(7-9-18)23(11-12-23)22(27)26-13-2-3-19(15-26)29-14-10-20-24-21(30-25-20)16-4-5-16/h6-9,16,19H,2-5,10-15H2,1H3. The third kappa shape index (κ3) is 3.95. The first-order valence-electron chi connectivity index (χ1n) is 11.1. The summed E-state index contributed by atoms with van der Waals surface area (Å²) in [5, 5.41) is 4.05. The monoisotopic (exact) mass is 411 g/mol. The topological polar surface area (TPSA) is 77.7 Å². The maximum atomic E-state index is 13.4. The Hall–Kier alpha value is -2.41. The molecule has 1 aromatic carbocycles. The van der Waals surface area contributed by atoms with Gasteiger partial charge in [-0.1, -0.05) is 17.3 Å². The largest absolute Gasteiger partial charge is 0.497 e. The molecule has 7 nitrogen and oxygen atoms in total. The van der Waals surface area contributed by atoms with Crippen LogP contribution < -0.4 is 4.74 Å². The molecule has 1 amide bonds. The lowest BCUT2D eigenvalue weighted by molar-refractivity contribution is -0.138. The van der Waals surface area contributed by atoms with Crippen LogP contribution in [0.15, 0.2) is 28.8 Å². The van der Waals surface area contributed by atoms with Crippen molar-refractivity contribution in [3.63, 3.8) is 0 Å². The van der Waals surface area contributed by atoms with Crippen LogP contribution in [0.25, 0.3) is 0 Å². The number of carbonyl (C=O) groups is 1. The molecule has 1 aromatic heterocycles. The minimum absolute atomic E-state index is 0.0733. The predicted molar refractivity (Wildman–Crippen MR) is 109 cm³/mol. The summed E-state index contributed by atoms with van der Waals surface area (Å²) >= 11 is 0. The number of carbonyl (C=O) groups excluding carboxylic acids is 1. The van der Waals surface area contributed by atoms with Crippen LogP contribution in [0, 0.1) is 0 Å².